The highest BCUT2D eigenvalue weighted by atomic mass is 35.5. The van der Waals surface area contributed by atoms with Gasteiger partial charge in [0.2, 0.25) is 0 Å². The van der Waals surface area contributed by atoms with E-state index in [0.717, 1.165) is 23.8 Å². The predicted molar refractivity (Wildman–Crippen MR) is 76.8 cm³/mol. The second-order valence-electron chi connectivity index (χ2n) is 6.22. The zero-order valence-corrected chi connectivity index (χ0v) is 12.2. The molecule has 0 radical (unpaired) electrons. The van der Waals surface area contributed by atoms with E-state index < -0.39 is 0 Å². The summed E-state index contributed by atoms with van der Waals surface area (Å²) < 4.78 is 0. The van der Waals surface area contributed by atoms with Gasteiger partial charge in [-0.3, -0.25) is 0 Å². The van der Waals surface area contributed by atoms with Crippen molar-refractivity contribution in [1.82, 2.24) is 10.6 Å². The monoisotopic (exact) mass is 260 g/mol. The molecule has 0 spiro atoms. The Morgan fingerprint density at radius 3 is 2.18 bits per heavy atom. The van der Waals surface area contributed by atoms with Gasteiger partial charge in [-0.15, -0.1) is 12.4 Å². The summed E-state index contributed by atoms with van der Waals surface area (Å²) in [5.74, 6) is 2.78. The van der Waals surface area contributed by atoms with E-state index in [2.05, 4.69) is 24.5 Å². The molecule has 3 heteroatoms. The number of hydrogen-bond donors (Lipinski definition) is 2. The first kappa shape index (κ1) is 15.3. The van der Waals surface area contributed by atoms with Gasteiger partial charge in [-0.2, -0.15) is 0 Å². The Hall–Kier alpha value is 0.210. The molecule has 1 aliphatic heterocycles. The lowest BCUT2D eigenvalue weighted by Crippen LogP contribution is -2.41. The third kappa shape index (κ3) is 5.15. The molecule has 2 fully saturated rings. The van der Waals surface area contributed by atoms with Gasteiger partial charge < -0.3 is 10.6 Å². The van der Waals surface area contributed by atoms with Crippen molar-refractivity contribution < 1.29 is 0 Å². The van der Waals surface area contributed by atoms with E-state index in [0.29, 0.717) is 0 Å². The van der Waals surface area contributed by atoms with E-state index in [4.69, 9.17) is 0 Å². The third-order valence-corrected chi connectivity index (χ3v) is 4.33. The summed E-state index contributed by atoms with van der Waals surface area (Å²) in [5, 5.41) is 7.26. The minimum atomic E-state index is 0. The van der Waals surface area contributed by atoms with Crippen LogP contribution in [0.3, 0.4) is 0 Å². The molecule has 0 aromatic rings. The van der Waals surface area contributed by atoms with Crippen molar-refractivity contribution in [3.8, 4) is 0 Å². The molecule has 102 valence electrons. The Morgan fingerprint density at radius 2 is 1.59 bits per heavy atom. The fourth-order valence-corrected chi connectivity index (χ4v) is 3.53. The van der Waals surface area contributed by atoms with E-state index in [9.17, 15) is 0 Å². The maximum absolute atomic E-state index is 3.82. The highest BCUT2D eigenvalue weighted by Crippen LogP contribution is 2.28. The number of halogens is 1. The van der Waals surface area contributed by atoms with Crippen LogP contribution in [-0.4, -0.2) is 25.7 Å². The molecule has 1 heterocycles. The van der Waals surface area contributed by atoms with Gasteiger partial charge in [-0.1, -0.05) is 13.8 Å². The van der Waals surface area contributed by atoms with Crippen molar-refractivity contribution >= 4 is 12.4 Å². The first-order valence-corrected chi connectivity index (χ1v) is 7.18. The predicted octanol–water partition coefficient (Wildman–Crippen LogP) is 2.82. The van der Waals surface area contributed by atoms with Gasteiger partial charge >= 0.3 is 0 Å². The van der Waals surface area contributed by atoms with Crippen LogP contribution in [0.25, 0.3) is 0 Å². The fourth-order valence-electron chi connectivity index (χ4n) is 3.53. The van der Waals surface area contributed by atoms with E-state index in [1.165, 1.54) is 51.7 Å². The summed E-state index contributed by atoms with van der Waals surface area (Å²) in [6.45, 7) is 8.53. The molecule has 0 aromatic carbocycles. The van der Waals surface area contributed by atoms with Crippen LogP contribution < -0.4 is 10.6 Å². The lowest BCUT2D eigenvalue weighted by molar-refractivity contribution is 0.225. The average molecular weight is 261 g/mol. The van der Waals surface area contributed by atoms with Gasteiger partial charge in [0.25, 0.3) is 0 Å². The Bertz CT molecular complexity index is 194. The van der Waals surface area contributed by atoms with Crippen molar-refractivity contribution in [2.24, 2.45) is 17.8 Å². The standard InChI is InChI=1S/C14H28N2.ClH/c1-11-7-12(2)9-14(8-11)16-10-13-3-5-15-6-4-13;/h11-16H,3-10H2,1-2H3;1H. The second-order valence-corrected chi connectivity index (χ2v) is 6.22. The van der Waals surface area contributed by atoms with Crippen LogP contribution in [0.4, 0.5) is 0 Å². The first-order valence-electron chi connectivity index (χ1n) is 7.18. The summed E-state index contributed by atoms with van der Waals surface area (Å²) in [6.07, 6.45) is 6.96. The zero-order valence-electron chi connectivity index (χ0n) is 11.4. The smallest absolute Gasteiger partial charge is 0.00722 e. The third-order valence-electron chi connectivity index (χ3n) is 4.33. The maximum Gasteiger partial charge on any atom is 0.00722 e. The van der Waals surface area contributed by atoms with Crippen molar-refractivity contribution in [2.45, 2.75) is 52.0 Å². The molecule has 2 N–H and O–H groups in total. The SMILES string of the molecule is CC1CC(C)CC(NCC2CCNCC2)C1.Cl. The summed E-state index contributed by atoms with van der Waals surface area (Å²) in [7, 11) is 0. The number of nitrogens with one attached hydrogen (secondary N) is 2. The van der Waals surface area contributed by atoms with E-state index >= 15 is 0 Å². The van der Waals surface area contributed by atoms with Crippen LogP contribution in [0.1, 0.15) is 46.0 Å². The molecule has 1 saturated carbocycles. The Morgan fingerprint density at radius 1 is 1.00 bits per heavy atom. The van der Waals surface area contributed by atoms with Crippen LogP contribution in [0.5, 0.6) is 0 Å². The summed E-state index contributed by atoms with van der Waals surface area (Å²) in [5.41, 5.74) is 0. The van der Waals surface area contributed by atoms with Crippen LogP contribution in [0.15, 0.2) is 0 Å². The van der Waals surface area contributed by atoms with Gasteiger partial charge in [-0.25, -0.2) is 0 Å². The number of piperidine rings is 1. The van der Waals surface area contributed by atoms with Crippen molar-refractivity contribution in [3.63, 3.8) is 0 Å². The largest absolute Gasteiger partial charge is 0.317 e. The molecule has 2 unspecified atom stereocenters. The molecule has 2 rings (SSSR count). The minimum absolute atomic E-state index is 0. The normalized spacial score (nSPS) is 35.3. The van der Waals surface area contributed by atoms with Gasteiger partial charge in [0, 0.05) is 6.04 Å². The van der Waals surface area contributed by atoms with Crippen LogP contribution in [-0.2, 0) is 0 Å². The molecular weight excluding hydrogens is 232 g/mol. The first-order chi connectivity index (χ1) is 7.74. The molecule has 2 nitrogen and oxygen atoms in total. The second kappa shape index (κ2) is 7.60. The minimum Gasteiger partial charge on any atom is -0.317 e. The Kier molecular flexibility index (Phi) is 6.83. The van der Waals surface area contributed by atoms with Gasteiger partial charge in [0.05, 0.1) is 0 Å². The van der Waals surface area contributed by atoms with E-state index in [1.807, 2.05) is 0 Å². The molecular formula is C14H29ClN2. The Balaban J connectivity index is 0.00000144. The molecule has 2 atom stereocenters. The van der Waals surface area contributed by atoms with Crippen LogP contribution >= 0.6 is 12.4 Å². The summed E-state index contributed by atoms with van der Waals surface area (Å²) in [6, 6.07) is 0.800. The van der Waals surface area contributed by atoms with Crippen molar-refractivity contribution in [3.05, 3.63) is 0 Å². The molecule has 0 bridgehead atoms. The fraction of sp³-hybridized carbons (Fsp3) is 1.00. The van der Waals surface area contributed by atoms with Gasteiger partial charge in [0.1, 0.15) is 0 Å². The molecule has 1 aliphatic carbocycles. The quantitative estimate of drug-likeness (QED) is 0.816. The molecule has 0 amide bonds. The van der Waals surface area contributed by atoms with Gasteiger partial charge in [-0.05, 0) is 69.5 Å². The lowest BCUT2D eigenvalue weighted by atomic mass is 9.80. The highest BCUT2D eigenvalue weighted by molar-refractivity contribution is 5.85. The van der Waals surface area contributed by atoms with E-state index in [1.54, 1.807) is 0 Å². The molecule has 17 heavy (non-hydrogen) atoms. The van der Waals surface area contributed by atoms with Crippen molar-refractivity contribution in [1.29, 1.82) is 0 Å². The Labute approximate surface area is 113 Å². The van der Waals surface area contributed by atoms with Crippen molar-refractivity contribution in [2.75, 3.05) is 19.6 Å². The topological polar surface area (TPSA) is 24.1 Å². The average Bonchev–Trinajstić information content (AvgIpc) is 2.27. The highest BCUT2D eigenvalue weighted by Gasteiger charge is 2.24. The van der Waals surface area contributed by atoms with Crippen LogP contribution in [0, 0.1) is 17.8 Å². The maximum atomic E-state index is 3.82. The number of hydrogen-bond acceptors (Lipinski definition) is 2. The number of rotatable bonds is 3. The zero-order chi connectivity index (χ0) is 11.4. The van der Waals surface area contributed by atoms with Gasteiger partial charge in [0.15, 0.2) is 0 Å². The summed E-state index contributed by atoms with van der Waals surface area (Å²) in [4.78, 5) is 0. The van der Waals surface area contributed by atoms with Crippen LogP contribution in [0.2, 0.25) is 0 Å². The summed E-state index contributed by atoms with van der Waals surface area (Å²) >= 11 is 0. The lowest BCUT2D eigenvalue weighted by Gasteiger charge is -2.33. The molecule has 0 aromatic heterocycles. The molecule has 1 saturated heterocycles. The molecule has 2 aliphatic rings. The van der Waals surface area contributed by atoms with E-state index in [-0.39, 0.29) is 12.4 Å².